The fourth-order valence-corrected chi connectivity index (χ4v) is 1.94. The van der Waals surface area contributed by atoms with Gasteiger partial charge in [0.15, 0.2) is 5.82 Å². The maximum absolute atomic E-state index is 5.88. The van der Waals surface area contributed by atoms with Crippen molar-refractivity contribution in [2.24, 2.45) is 0 Å². The van der Waals surface area contributed by atoms with Crippen LogP contribution in [0.1, 0.15) is 19.8 Å². The smallest absolute Gasteiger partial charge is 0.215 e. The third-order valence-corrected chi connectivity index (χ3v) is 3.49. The Labute approximate surface area is 108 Å². The molecule has 5 nitrogen and oxygen atoms in total. The molecule has 18 heavy (non-hydrogen) atoms. The molecule has 1 heterocycles. The van der Waals surface area contributed by atoms with Crippen LogP contribution in [0, 0.1) is 0 Å². The number of likely N-dealkylation sites (N-methyl/N-ethyl adjacent to an activating group) is 1. The van der Waals surface area contributed by atoms with Crippen molar-refractivity contribution in [2.45, 2.75) is 31.8 Å². The Morgan fingerprint density at radius 2 is 2.28 bits per heavy atom. The van der Waals surface area contributed by atoms with Crippen LogP contribution in [0.5, 0.6) is 5.88 Å². The highest BCUT2D eigenvalue weighted by Gasteiger charge is 2.28. The minimum atomic E-state index is 0.463. The number of nitrogens with zero attached hydrogens (tertiary/aromatic N) is 2. The van der Waals surface area contributed by atoms with E-state index in [1.54, 1.807) is 13.2 Å². The lowest BCUT2D eigenvalue weighted by molar-refractivity contribution is 0.257. The number of nitrogens with one attached hydrogen (secondary N) is 1. The van der Waals surface area contributed by atoms with Gasteiger partial charge in [-0.15, -0.1) is 0 Å². The third kappa shape index (κ3) is 3.04. The van der Waals surface area contributed by atoms with Crippen LogP contribution < -0.4 is 15.8 Å². The molecule has 0 spiro atoms. The molecule has 100 valence electrons. The van der Waals surface area contributed by atoms with E-state index in [0.29, 0.717) is 23.4 Å². The van der Waals surface area contributed by atoms with Gasteiger partial charge in [-0.2, -0.15) is 4.98 Å². The van der Waals surface area contributed by atoms with Crippen LogP contribution in [-0.2, 0) is 0 Å². The summed E-state index contributed by atoms with van der Waals surface area (Å²) in [7, 11) is 3.78. The zero-order chi connectivity index (χ0) is 13.1. The van der Waals surface area contributed by atoms with Gasteiger partial charge in [0.25, 0.3) is 0 Å². The monoisotopic (exact) mass is 250 g/mol. The summed E-state index contributed by atoms with van der Waals surface area (Å²) in [6, 6.07) is 4.80. The second-order valence-corrected chi connectivity index (χ2v) is 4.92. The van der Waals surface area contributed by atoms with E-state index in [1.807, 2.05) is 6.07 Å². The Morgan fingerprint density at radius 1 is 1.56 bits per heavy atom. The van der Waals surface area contributed by atoms with E-state index >= 15 is 0 Å². The Balaban J connectivity index is 1.92. The number of hydrogen-bond acceptors (Lipinski definition) is 5. The molecule has 0 aromatic carbocycles. The average molecular weight is 250 g/mol. The Bertz CT molecular complexity index is 406. The summed E-state index contributed by atoms with van der Waals surface area (Å²) in [5.74, 6) is 1.28. The Morgan fingerprint density at radius 3 is 2.89 bits per heavy atom. The lowest BCUT2D eigenvalue weighted by atomic mass is 10.3. The number of anilines is 2. The van der Waals surface area contributed by atoms with E-state index in [9.17, 15) is 0 Å². The first-order chi connectivity index (χ1) is 8.61. The molecule has 1 unspecified atom stereocenters. The molecule has 1 aromatic heterocycles. The predicted molar refractivity (Wildman–Crippen MR) is 73.9 cm³/mol. The largest absolute Gasteiger partial charge is 0.481 e. The maximum atomic E-state index is 5.88. The minimum Gasteiger partial charge on any atom is -0.481 e. The van der Waals surface area contributed by atoms with Crippen LogP contribution in [-0.4, -0.2) is 42.7 Å². The van der Waals surface area contributed by atoms with E-state index in [2.05, 4.69) is 29.2 Å². The number of nitrogens with two attached hydrogens (primary N) is 1. The SMILES string of the molecule is COc1ccc(N)c(NCC(C)N(C)C2CC2)n1. The van der Waals surface area contributed by atoms with Gasteiger partial charge in [0.2, 0.25) is 5.88 Å². The first kappa shape index (κ1) is 13.0. The Kier molecular flexibility index (Phi) is 3.91. The van der Waals surface area contributed by atoms with Crippen LogP contribution in [0.3, 0.4) is 0 Å². The van der Waals surface area contributed by atoms with Crippen molar-refractivity contribution in [1.82, 2.24) is 9.88 Å². The molecule has 0 bridgehead atoms. The molecule has 0 saturated heterocycles. The van der Waals surface area contributed by atoms with Crippen molar-refractivity contribution < 1.29 is 4.74 Å². The molecule has 2 rings (SSSR count). The number of ether oxygens (including phenoxy) is 1. The number of rotatable bonds is 6. The van der Waals surface area contributed by atoms with Crippen LogP contribution in [0.2, 0.25) is 0 Å². The molecule has 0 aliphatic heterocycles. The summed E-state index contributed by atoms with van der Waals surface area (Å²) in [6.07, 6.45) is 2.64. The molecule has 1 aromatic rings. The number of methoxy groups -OCH3 is 1. The topological polar surface area (TPSA) is 63.4 Å². The molecule has 1 atom stereocenters. The summed E-state index contributed by atoms with van der Waals surface area (Å²) >= 11 is 0. The molecule has 3 N–H and O–H groups in total. The van der Waals surface area contributed by atoms with Crippen molar-refractivity contribution in [3.05, 3.63) is 12.1 Å². The van der Waals surface area contributed by atoms with Gasteiger partial charge in [-0.05, 0) is 32.9 Å². The van der Waals surface area contributed by atoms with Gasteiger partial charge in [0.05, 0.1) is 12.8 Å². The third-order valence-electron chi connectivity index (χ3n) is 3.49. The molecular formula is C13H22N4O. The summed E-state index contributed by atoms with van der Waals surface area (Å²) in [6.45, 7) is 3.04. The van der Waals surface area contributed by atoms with Crippen molar-refractivity contribution >= 4 is 11.5 Å². The van der Waals surface area contributed by atoms with Crippen LogP contribution >= 0.6 is 0 Å². The van der Waals surface area contributed by atoms with Crippen LogP contribution in [0.25, 0.3) is 0 Å². The highest BCUT2D eigenvalue weighted by molar-refractivity contribution is 5.61. The molecule has 0 amide bonds. The fraction of sp³-hybridized carbons (Fsp3) is 0.615. The summed E-state index contributed by atoms with van der Waals surface area (Å²) in [5, 5.41) is 3.29. The number of pyridine rings is 1. The lowest BCUT2D eigenvalue weighted by Crippen LogP contribution is -2.36. The second-order valence-electron chi connectivity index (χ2n) is 4.92. The van der Waals surface area contributed by atoms with E-state index in [-0.39, 0.29) is 0 Å². The van der Waals surface area contributed by atoms with E-state index in [4.69, 9.17) is 10.5 Å². The number of aromatic nitrogens is 1. The molecule has 5 heteroatoms. The molecule has 1 aliphatic rings. The first-order valence-corrected chi connectivity index (χ1v) is 6.38. The van der Waals surface area contributed by atoms with Gasteiger partial charge in [0, 0.05) is 24.7 Å². The van der Waals surface area contributed by atoms with E-state index in [1.165, 1.54) is 12.8 Å². The molecule has 1 fully saturated rings. The van der Waals surface area contributed by atoms with Gasteiger partial charge in [-0.1, -0.05) is 0 Å². The van der Waals surface area contributed by atoms with Gasteiger partial charge in [-0.25, -0.2) is 0 Å². The number of hydrogen-bond donors (Lipinski definition) is 2. The standard InChI is InChI=1S/C13H22N4O/c1-9(17(2)10-4-5-10)8-15-13-11(14)6-7-12(16-13)18-3/h6-7,9-10H,4-5,8,14H2,1-3H3,(H,15,16). The van der Waals surface area contributed by atoms with Gasteiger partial charge < -0.3 is 15.8 Å². The van der Waals surface area contributed by atoms with Crippen molar-refractivity contribution in [2.75, 3.05) is 31.8 Å². The first-order valence-electron chi connectivity index (χ1n) is 6.38. The molecule has 0 radical (unpaired) electrons. The van der Waals surface area contributed by atoms with Crippen molar-refractivity contribution in [1.29, 1.82) is 0 Å². The van der Waals surface area contributed by atoms with Crippen LogP contribution in [0.4, 0.5) is 11.5 Å². The minimum absolute atomic E-state index is 0.463. The zero-order valence-electron chi connectivity index (χ0n) is 11.3. The molecular weight excluding hydrogens is 228 g/mol. The van der Waals surface area contributed by atoms with Crippen LogP contribution in [0.15, 0.2) is 12.1 Å². The highest BCUT2D eigenvalue weighted by Crippen LogP contribution is 2.27. The van der Waals surface area contributed by atoms with Gasteiger partial charge in [-0.3, -0.25) is 4.90 Å². The van der Waals surface area contributed by atoms with Gasteiger partial charge in [0.1, 0.15) is 0 Å². The van der Waals surface area contributed by atoms with Crippen molar-refractivity contribution in [3.63, 3.8) is 0 Å². The predicted octanol–water partition coefficient (Wildman–Crippen LogP) is 1.57. The normalized spacial score (nSPS) is 16.7. The number of nitrogen functional groups attached to an aromatic ring is 1. The summed E-state index contributed by atoms with van der Waals surface area (Å²) in [5.41, 5.74) is 6.53. The molecule has 1 aliphatic carbocycles. The average Bonchev–Trinajstić information content (AvgIpc) is 3.20. The fourth-order valence-electron chi connectivity index (χ4n) is 1.94. The lowest BCUT2D eigenvalue weighted by Gasteiger charge is -2.25. The second kappa shape index (κ2) is 5.44. The van der Waals surface area contributed by atoms with E-state index in [0.717, 1.165) is 12.6 Å². The summed E-state index contributed by atoms with van der Waals surface area (Å²) < 4.78 is 5.10. The van der Waals surface area contributed by atoms with E-state index < -0.39 is 0 Å². The highest BCUT2D eigenvalue weighted by atomic mass is 16.5. The molecule has 1 saturated carbocycles. The quantitative estimate of drug-likeness (QED) is 0.802. The Hall–Kier alpha value is -1.49. The maximum Gasteiger partial charge on any atom is 0.215 e. The zero-order valence-corrected chi connectivity index (χ0v) is 11.3. The summed E-state index contributed by atoms with van der Waals surface area (Å²) in [4.78, 5) is 6.71. The van der Waals surface area contributed by atoms with Crippen molar-refractivity contribution in [3.8, 4) is 5.88 Å². The van der Waals surface area contributed by atoms with Gasteiger partial charge >= 0.3 is 0 Å².